The number of thioether (sulfide) groups is 1. The number of benzene rings is 1. The lowest BCUT2D eigenvalue weighted by atomic mass is 10.1. The van der Waals surface area contributed by atoms with Crippen LogP contribution in [-0.4, -0.2) is 36.2 Å². The van der Waals surface area contributed by atoms with E-state index in [-0.39, 0.29) is 5.91 Å². The van der Waals surface area contributed by atoms with Crippen LogP contribution in [0.1, 0.15) is 17.2 Å². The molecule has 1 aromatic carbocycles. The quantitative estimate of drug-likeness (QED) is 0.884. The second-order valence-corrected chi connectivity index (χ2v) is 5.60. The van der Waals surface area contributed by atoms with Crippen LogP contribution in [0.3, 0.4) is 0 Å². The summed E-state index contributed by atoms with van der Waals surface area (Å²) in [6.07, 6.45) is 0.464. The monoisotopic (exact) mass is 250 g/mol. The molecule has 92 valence electrons. The van der Waals surface area contributed by atoms with Gasteiger partial charge in [-0.1, -0.05) is 30.3 Å². The third-order valence-electron chi connectivity index (χ3n) is 3.00. The Hall–Kier alpha value is -1.00. The van der Waals surface area contributed by atoms with Crippen molar-refractivity contribution in [3.05, 3.63) is 35.9 Å². The summed E-state index contributed by atoms with van der Waals surface area (Å²) in [5.74, 6) is 0.915. The fourth-order valence-corrected chi connectivity index (χ4v) is 3.36. The summed E-state index contributed by atoms with van der Waals surface area (Å²) >= 11 is 2.00. The van der Waals surface area contributed by atoms with Crippen molar-refractivity contribution in [2.75, 3.05) is 25.4 Å². The van der Waals surface area contributed by atoms with Crippen LogP contribution in [0.4, 0.5) is 0 Å². The fourth-order valence-electron chi connectivity index (χ4n) is 2.04. The molecule has 1 amide bonds. The molecule has 0 spiro atoms. The Morgan fingerprint density at radius 2 is 2.18 bits per heavy atom. The van der Waals surface area contributed by atoms with Gasteiger partial charge in [0.15, 0.2) is 0 Å². The van der Waals surface area contributed by atoms with Crippen LogP contribution in [-0.2, 0) is 4.79 Å². The summed E-state index contributed by atoms with van der Waals surface area (Å²) in [4.78, 5) is 13.1. The maximum atomic E-state index is 10.8. The van der Waals surface area contributed by atoms with Crippen LogP contribution >= 0.6 is 11.8 Å². The van der Waals surface area contributed by atoms with Crippen molar-refractivity contribution in [3.8, 4) is 0 Å². The average molecular weight is 250 g/mol. The summed E-state index contributed by atoms with van der Waals surface area (Å²) in [5, 5.41) is 0.526. The minimum Gasteiger partial charge on any atom is -0.370 e. The van der Waals surface area contributed by atoms with Crippen LogP contribution in [0.5, 0.6) is 0 Å². The summed E-state index contributed by atoms with van der Waals surface area (Å²) in [7, 11) is 0. The van der Waals surface area contributed by atoms with Crippen molar-refractivity contribution in [1.82, 2.24) is 4.90 Å². The second-order valence-electron chi connectivity index (χ2n) is 4.29. The number of hydrogen-bond donors (Lipinski definition) is 1. The zero-order valence-corrected chi connectivity index (χ0v) is 10.7. The van der Waals surface area contributed by atoms with Crippen LogP contribution in [0.2, 0.25) is 0 Å². The van der Waals surface area contributed by atoms with Crippen molar-refractivity contribution in [1.29, 1.82) is 0 Å². The Morgan fingerprint density at radius 3 is 2.88 bits per heavy atom. The smallest absolute Gasteiger partial charge is 0.218 e. The first-order valence-electron chi connectivity index (χ1n) is 5.93. The van der Waals surface area contributed by atoms with E-state index in [9.17, 15) is 4.79 Å². The van der Waals surface area contributed by atoms with E-state index in [0.717, 1.165) is 25.4 Å². The molecule has 1 aliphatic heterocycles. The molecule has 1 atom stereocenters. The molecule has 1 saturated heterocycles. The molecule has 17 heavy (non-hydrogen) atoms. The predicted octanol–water partition coefficient (Wildman–Crippen LogP) is 1.65. The van der Waals surface area contributed by atoms with Gasteiger partial charge in [0.1, 0.15) is 0 Å². The van der Waals surface area contributed by atoms with Crippen LogP contribution in [0, 0.1) is 0 Å². The van der Waals surface area contributed by atoms with E-state index in [0.29, 0.717) is 11.7 Å². The summed E-state index contributed by atoms with van der Waals surface area (Å²) in [5.41, 5.74) is 6.56. The highest BCUT2D eigenvalue weighted by Gasteiger charge is 2.21. The SMILES string of the molecule is NC(=O)CCN1CCS[C@H](c2ccccc2)C1. The summed E-state index contributed by atoms with van der Waals surface area (Å²) < 4.78 is 0. The fraction of sp³-hybridized carbons (Fsp3) is 0.462. The van der Waals surface area contributed by atoms with Gasteiger partial charge in [-0.15, -0.1) is 0 Å². The lowest BCUT2D eigenvalue weighted by Gasteiger charge is -2.32. The highest BCUT2D eigenvalue weighted by atomic mass is 32.2. The number of carbonyl (C=O) groups excluding carboxylic acids is 1. The Labute approximate surface area is 106 Å². The highest BCUT2D eigenvalue weighted by molar-refractivity contribution is 7.99. The van der Waals surface area contributed by atoms with Gasteiger partial charge in [0.25, 0.3) is 0 Å². The van der Waals surface area contributed by atoms with Gasteiger partial charge in [0.2, 0.25) is 5.91 Å². The van der Waals surface area contributed by atoms with Gasteiger partial charge in [-0.05, 0) is 5.56 Å². The summed E-state index contributed by atoms with van der Waals surface area (Å²) in [6, 6.07) is 10.6. The topological polar surface area (TPSA) is 46.3 Å². The molecule has 0 aromatic heterocycles. The third kappa shape index (κ3) is 3.75. The van der Waals surface area contributed by atoms with Gasteiger partial charge < -0.3 is 10.6 Å². The normalized spacial score (nSPS) is 21.3. The Balaban J connectivity index is 1.91. The van der Waals surface area contributed by atoms with Gasteiger partial charge in [0, 0.05) is 37.1 Å². The Kier molecular flexibility index (Phi) is 4.45. The molecule has 0 radical (unpaired) electrons. The molecule has 1 heterocycles. The van der Waals surface area contributed by atoms with Gasteiger partial charge in [0.05, 0.1) is 0 Å². The van der Waals surface area contributed by atoms with Crippen molar-refractivity contribution in [2.24, 2.45) is 5.73 Å². The number of nitrogens with two attached hydrogens (primary N) is 1. The third-order valence-corrected chi connectivity index (χ3v) is 4.24. The number of primary amides is 1. The van der Waals surface area contributed by atoms with Crippen molar-refractivity contribution in [3.63, 3.8) is 0 Å². The molecule has 0 bridgehead atoms. The Morgan fingerprint density at radius 1 is 1.41 bits per heavy atom. The molecule has 0 aliphatic carbocycles. The standard InChI is InChI=1S/C13H18N2OS/c14-13(16)6-7-15-8-9-17-12(10-15)11-4-2-1-3-5-11/h1-5,12H,6-10H2,(H2,14,16)/t12-/m0/s1. The minimum atomic E-state index is -0.209. The van der Waals surface area contributed by atoms with Crippen molar-refractivity contribution in [2.45, 2.75) is 11.7 Å². The first-order valence-corrected chi connectivity index (χ1v) is 6.98. The van der Waals surface area contributed by atoms with Gasteiger partial charge in [-0.25, -0.2) is 0 Å². The van der Waals surface area contributed by atoms with E-state index in [2.05, 4.69) is 29.2 Å². The van der Waals surface area contributed by atoms with E-state index in [4.69, 9.17) is 5.73 Å². The first-order chi connectivity index (χ1) is 8.25. The van der Waals surface area contributed by atoms with Crippen molar-refractivity contribution >= 4 is 17.7 Å². The number of amides is 1. The molecule has 4 heteroatoms. The van der Waals surface area contributed by atoms with E-state index in [1.54, 1.807) is 0 Å². The molecule has 3 nitrogen and oxygen atoms in total. The molecular formula is C13H18N2OS. The molecule has 1 aromatic rings. The number of carbonyl (C=O) groups is 1. The molecule has 0 unspecified atom stereocenters. The Bertz CT molecular complexity index is 369. The van der Waals surface area contributed by atoms with Crippen LogP contribution in [0.15, 0.2) is 30.3 Å². The number of hydrogen-bond acceptors (Lipinski definition) is 3. The average Bonchev–Trinajstić information content (AvgIpc) is 2.38. The predicted molar refractivity (Wildman–Crippen MR) is 71.9 cm³/mol. The first kappa shape index (κ1) is 12.5. The van der Waals surface area contributed by atoms with E-state index >= 15 is 0 Å². The number of nitrogens with zero attached hydrogens (tertiary/aromatic N) is 1. The van der Waals surface area contributed by atoms with E-state index in [1.807, 2.05) is 17.8 Å². The maximum absolute atomic E-state index is 10.8. The summed E-state index contributed by atoms with van der Waals surface area (Å²) in [6.45, 7) is 2.86. The molecule has 1 aliphatic rings. The van der Waals surface area contributed by atoms with Gasteiger partial charge in [-0.2, -0.15) is 11.8 Å². The van der Waals surface area contributed by atoms with E-state index < -0.39 is 0 Å². The molecule has 1 fully saturated rings. The largest absolute Gasteiger partial charge is 0.370 e. The number of rotatable bonds is 4. The lowest BCUT2D eigenvalue weighted by Crippen LogP contribution is -2.36. The van der Waals surface area contributed by atoms with Gasteiger partial charge >= 0.3 is 0 Å². The lowest BCUT2D eigenvalue weighted by molar-refractivity contribution is -0.118. The molecule has 0 saturated carbocycles. The molecule has 2 rings (SSSR count). The minimum absolute atomic E-state index is 0.209. The molecular weight excluding hydrogens is 232 g/mol. The molecule has 2 N–H and O–H groups in total. The second kappa shape index (κ2) is 6.07. The van der Waals surface area contributed by atoms with E-state index in [1.165, 1.54) is 5.56 Å². The van der Waals surface area contributed by atoms with Gasteiger partial charge in [-0.3, -0.25) is 4.79 Å². The zero-order chi connectivity index (χ0) is 12.1. The van der Waals surface area contributed by atoms with Crippen LogP contribution in [0.25, 0.3) is 0 Å². The van der Waals surface area contributed by atoms with Crippen molar-refractivity contribution < 1.29 is 4.79 Å². The van der Waals surface area contributed by atoms with Crippen LogP contribution < -0.4 is 5.73 Å². The maximum Gasteiger partial charge on any atom is 0.218 e. The zero-order valence-electron chi connectivity index (χ0n) is 9.84. The highest BCUT2D eigenvalue weighted by Crippen LogP contribution is 2.32.